The molecule has 0 aliphatic heterocycles. The molecule has 2 amide bonds. The third-order valence-corrected chi connectivity index (χ3v) is 6.09. The van der Waals surface area contributed by atoms with Crippen LogP contribution in [0.5, 0.6) is 0 Å². The number of carbonyl (C=O) groups excluding carboxylic acids is 1. The zero-order valence-corrected chi connectivity index (χ0v) is 18.2. The summed E-state index contributed by atoms with van der Waals surface area (Å²) >= 11 is 0. The Morgan fingerprint density at radius 3 is 2.70 bits per heavy atom. The zero-order valence-electron chi connectivity index (χ0n) is 18.2. The first-order valence-corrected chi connectivity index (χ1v) is 11.5. The topological polar surface area (TPSA) is 106 Å². The van der Waals surface area contributed by atoms with Crippen LogP contribution in [0.1, 0.15) is 76.6 Å². The van der Waals surface area contributed by atoms with E-state index in [0.29, 0.717) is 23.3 Å². The number of urea groups is 1. The Kier molecular flexibility index (Phi) is 8.25. The first-order chi connectivity index (χ1) is 14.6. The van der Waals surface area contributed by atoms with E-state index in [4.69, 9.17) is 0 Å². The number of unbranched alkanes of at least 4 members (excludes halogenated alkanes) is 3. The predicted molar refractivity (Wildman–Crippen MR) is 119 cm³/mol. The molecule has 2 aromatic rings. The van der Waals surface area contributed by atoms with Crippen molar-refractivity contribution in [3.05, 3.63) is 40.4 Å². The molecule has 7 nitrogen and oxygen atoms in total. The van der Waals surface area contributed by atoms with E-state index in [0.717, 1.165) is 45.1 Å². The number of fused-ring (bicyclic) bond motifs is 1. The van der Waals surface area contributed by atoms with E-state index in [2.05, 4.69) is 21.0 Å². The van der Waals surface area contributed by atoms with Gasteiger partial charge in [-0.2, -0.15) is 0 Å². The maximum absolute atomic E-state index is 13.2. The molecular weight excluding hydrogens is 378 g/mol. The second-order valence-electron chi connectivity index (χ2n) is 8.39. The van der Waals surface area contributed by atoms with E-state index in [9.17, 15) is 9.59 Å². The van der Waals surface area contributed by atoms with Crippen molar-refractivity contribution in [3.8, 4) is 0 Å². The lowest BCUT2D eigenvalue weighted by Gasteiger charge is -2.32. The summed E-state index contributed by atoms with van der Waals surface area (Å²) in [5.41, 5.74) is 4.39. The summed E-state index contributed by atoms with van der Waals surface area (Å²) < 4.78 is 0. The number of H-pyrrole nitrogens is 1. The predicted octanol–water partition coefficient (Wildman–Crippen LogP) is 3.13. The van der Waals surface area contributed by atoms with E-state index >= 15 is 0 Å². The molecule has 1 atom stereocenters. The third kappa shape index (κ3) is 5.81. The largest absolute Gasteiger partial charge is 0.358 e. The van der Waals surface area contributed by atoms with Gasteiger partial charge in [-0.15, -0.1) is 0 Å². The van der Waals surface area contributed by atoms with E-state index in [-0.39, 0.29) is 23.7 Å². The number of nitrogens with one attached hydrogen (secondary N) is 2. The molecule has 0 spiro atoms. The fraction of sp³-hybridized carbons (Fsp3) is 0.609. The first-order valence-electron chi connectivity index (χ1n) is 11.5. The number of aromatic amines is 1. The molecule has 3 rings (SSSR count). The van der Waals surface area contributed by atoms with Gasteiger partial charge in [0.05, 0.1) is 23.5 Å². The molecule has 0 unspecified atom stereocenters. The van der Waals surface area contributed by atoms with Crippen LogP contribution in [-0.4, -0.2) is 40.0 Å². The summed E-state index contributed by atoms with van der Waals surface area (Å²) in [6, 6.07) is 7.20. The Bertz CT molecular complexity index is 875. The Balaban J connectivity index is 1.76. The zero-order chi connectivity index (χ0) is 21.3. The van der Waals surface area contributed by atoms with Crippen LogP contribution in [0.25, 0.3) is 10.9 Å². The van der Waals surface area contributed by atoms with E-state index in [1.807, 2.05) is 30.0 Å². The lowest BCUT2D eigenvalue weighted by molar-refractivity contribution is -0.368. The number of carbonyl (C=O) groups is 1. The minimum absolute atomic E-state index is 0.0534. The number of hydrogen-bond acceptors (Lipinski definition) is 3. The van der Waals surface area contributed by atoms with Crippen molar-refractivity contribution < 1.29 is 10.5 Å². The maximum Gasteiger partial charge on any atom is 0.318 e. The van der Waals surface area contributed by atoms with Gasteiger partial charge in [-0.1, -0.05) is 37.8 Å². The van der Waals surface area contributed by atoms with Crippen molar-refractivity contribution in [2.24, 2.45) is 0 Å². The van der Waals surface area contributed by atoms with Crippen LogP contribution in [0.2, 0.25) is 0 Å². The smallest absolute Gasteiger partial charge is 0.318 e. The van der Waals surface area contributed by atoms with Crippen molar-refractivity contribution in [3.63, 3.8) is 0 Å². The van der Waals surface area contributed by atoms with Crippen LogP contribution in [0, 0.1) is 0 Å². The fourth-order valence-corrected chi connectivity index (χ4v) is 4.24. The minimum Gasteiger partial charge on any atom is -0.358 e. The Morgan fingerprint density at radius 2 is 1.93 bits per heavy atom. The second kappa shape index (κ2) is 11.1. The van der Waals surface area contributed by atoms with Crippen LogP contribution in [0.4, 0.5) is 4.79 Å². The van der Waals surface area contributed by atoms with Gasteiger partial charge in [-0.25, -0.2) is 9.78 Å². The fourth-order valence-electron chi connectivity index (χ4n) is 4.24. The molecular formula is C23H36N5O2+. The molecule has 1 aromatic carbocycles. The van der Waals surface area contributed by atoms with Crippen LogP contribution in [0.15, 0.2) is 29.1 Å². The van der Waals surface area contributed by atoms with Gasteiger partial charge >= 0.3 is 6.03 Å². The molecule has 1 fully saturated rings. The normalized spacial score (nSPS) is 15.8. The van der Waals surface area contributed by atoms with Gasteiger partial charge in [0.25, 0.3) is 5.56 Å². The highest BCUT2D eigenvalue weighted by atomic mass is 16.2. The van der Waals surface area contributed by atoms with Crippen molar-refractivity contribution in [1.82, 2.24) is 20.2 Å². The quantitative estimate of drug-likeness (QED) is 0.549. The number of amides is 2. The van der Waals surface area contributed by atoms with Crippen LogP contribution < -0.4 is 16.6 Å². The maximum atomic E-state index is 13.2. The minimum atomic E-state index is -0.307. The Labute approximate surface area is 178 Å². The summed E-state index contributed by atoms with van der Waals surface area (Å²) in [6.07, 6.45) is 9.92. The molecule has 0 radical (unpaired) electrons. The molecule has 0 bridgehead atoms. The number of para-hydroxylation sites is 1. The highest BCUT2D eigenvalue weighted by molar-refractivity contribution is 5.77. The van der Waals surface area contributed by atoms with Crippen LogP contribution in [-0.2, 0) is 0 Å². The molecule has 1 saturated carbocycles. The van der Waals surface area contributed by atoms with Crippen molar-refractivity contribution >= 4 is 16.9 Å². The number of hydrogen-bond donors (Lipinski definition) is 3. The number of aromatic nitrogens is 2. The molecule has 164 valence electrons. The highest BCUT2D eigenvalue weighted by Crippen LogP contribution is 2.21. The van der Waals surface area contributed by atoms with Crippen molar-refractivity contribution in [2.45, 2.75) is 76.8 Å². The second-order valence-corrected chi connectivity index (χ2v) is 8.39. The first kappa shape index (κ1) is 22.3. The van der Waals surface area contributed by atoms with E-state index in [1.54, 1.807) is 6.07 Å². The molecule has 30 heavy (non-hydrogen) atoms. The molecule has 1 aromatic heterocycles. The van der Waals surface area contributed by atoms with Crippen molar-refractivity contribution in [1.29, 1.82) is 0 Å². The SMILES string of the molecule is C[C@@H](c1nc2ccccc2c(=O)[nH]1)N(CCCCCC[NH3+])C(=O)NC1CCCCC1. The van der Waals surface area contributed by atoms with Gasteiger partial charge in [0, 0.05) is 12.6 Å². The standard InChI is InChI=1S/C23H35N5O2/c1-17(21-26-20-14-8-7-13-19(20)22(29)27-21)28(16-10-3-2-9-15-24)23(30)25-18-11-5-4-6-12-18/h7-8,13-14,17-18H,2-6,9-12,15-16,24H2,1H3,(H,25,30)(H,26,27,29)/p+1/t17-/m0/s1. The van der Waals surface area contributed by atoms with Gasteiger partial charge in [0.1, 0.15) is 5.82 Å². The monoisotopic (exact) mass is 414 g/mol. The van der Waals surface area contributed by atoms with Gasteiger partial charge < -0.3 is 20.9 Å². The van der Waals surface area contributed by atoms with E-state index < -0.39 is 0 Å². The summed E-state index contributed by atoms with van der Waals surface area (Å²) in [5.74, 6) is 0.537. The number of quaternary nitrogens is 1. The molecule has 0 saturated heterocycles. The average Bonchev–Trinajstić information content (AvgIpc) is 2.76. The molecule has 1 aliphatic rings. The van der Waals surface area contributed by atoms with Gasteiger partial charge in [0.15, 0.2) is 0 Å². The van der Waals surface area contributed by atoms with Crippen LogP contribution >= 0.6 is 0 Å². The van der Waals surface area contributed by atoms with E-state index in [1.165, 1.54) is 19.3 Å². The summed E-state index contributed by atoms with van der Waals surface area (Å²) in [7, 11) is 0. The highest BCUT2D eigenvalue weighted by Gasteiger charge is 2.26. The summed E-state index contributed by atoms with van der Waals surface area (Å²) in [6.45, 7) is 3.54. The van der Waals surface area contributed by atoms with Gasteiger partial charge in [0.2, 0.25) is 0 Å². The lowest BCUT2D eigenvalue weighted by atomic mass is 9.96. The Hall–Kier alpha value is -2.41. The molecule has 5 N–H and O–H groups in total. The number of benzene rings is 1. The van der Waals surface area contributed by atoms with Gasteiger partial charge in [-0.05, 0) is 51.2 Å². The summed E-state index contributed by atoms with van der Waals surface area (Å²) in [5, 5.41) is 3.80. The van der Waals surface area contributed by atoms with Gasteiger partial charge in [-0.3, -0.25) is 4.79 Å². The Morgan fingerprint density at radius 1 is 1.20 bits per heavy atom. The number of nitrogens with zero attached hydrogens (tertiary/aromatic N) is 2. The molecule has 7 heteroatoms. The summed E-state index contributed by atoms with van der Waals surface area (Å²) in [4.78, 5) is 35.1. The third-order valence-electron chi connectivity index (χ3n) is 6.09. The number of rotatable bonds is 9. The van der Waals surface area contributed by atoms with Crippen LogP contribution in [0.3, 0.4) is 0 Å². The molecule has 1 aliphatic carbocycles. The lowest BCUT2D eigenvalue weighted by Crippen LogP contribution is -2.50. The average molecular weight is 415 g/mol. The van der Waals surface area contributed by atoms with Crippen molar-refractivity contribution in [2.75, 3.05) is 13.1 Å². The molecule has 1 heterocycles.